The van der Waals surface area contributed by atoms with Gasteiger partial charge in [0.15, 0.2) is 0 Å². The smallest absolute Gasteiger partial charge is 0.253 e. The van der Waals surface area contributed by atoms with Crippen molar-refractivity contribution < 1.29 is 13.2 Å². The molecule has 0 aliphatic carbocycles. The number of likely N-dealkylation sites (tertiary alicyclic amines) is 2. The number of carbonyl (C=O) groups excluding carboxylic acids is 1. The van der Waals surface area contributed by atoms with Gasteiger partial charge in [-0.15, -0.1) is 0 Å². The first-order chi connectivity index (χ1) is 12.6. The van der Waals surface area contributed by atoms with Crippen molar-refractivity contribution in [3.8, 4) is 0 Å². The van der Waals surface area contributed by atoms with E-state index in [1.54, 1.807) is 33.5 Å². The second-order valence-electron chi connectivity index (χ2n) is 7.58. The van der Waals surface area contributed by atoms with Crippen LogP contribution in [0, 0.1) is 0 Å². The molecular weight excluding hydrogens is 350 g/mol. The minimum absolute atomic E-state index is 0.0686. The van der Waals surface area contributed by atoms with Gasteiger partial charge < -0.3 is 4.90 Å². The van der Waals surface area contributed by atoms with Crippen LogP contribution in [0.2, 0.25) is 0 Å². The predicted molar refractivity (Wildman–Crippen MR) is 99.6 cm³/mol. The number of hydrogen-bond acceptors (Lipinski definition) is 4. The molecule has 26 heavy (non-hydrogen) atoms. The van der Waals surface area contributed by atoms with E-state index in [1.807, 2.05) is 0 Å². The molecule has 7 heteroatoms. The fraction of sp³-hybridized carbons (Fsp3) is 0.632. The number of piperidine rings is 1. The van der Waals surface area contributed by atoms with Gasteiger partial charge in [-0.1, -0.05) is 12.5 Å². The Hall–Kier alpha value is -1.44. The first-order valence-corrected chi connectivity index (χ1v) is 11.1. The zero-order valence-electron chi connectivity index (χ0n) is 15.1. The van der Waals surface area contributed by atoms with Crippen LogP contribution in [0.4, 0.5) is 0 Å². The Bertz CT molecular complexity index is 770. The fourth-order valence-electron chi connectivity index (χ4n) is 4.15. The summed E-state index contributed by atoms with van der Waals surface area (Å²) in [6, 6.07) is 6.87. The van der Waals surface area contributed by atoms with Crippen molar-refractivity contribution in [2.24, 2.45) is 0 Å². The second kappa shape index (κ2) is 7.29. The topological polar surface area (TPSA) is 60.9 Å². The summed E-state index contributed by atoms with van der Waals surface area (Å²) in [4.78, 5) is 16.8. The fourth-order valence-corrected chi connectivity index (χ4v) is 5.69. The van der Waals surface area contributed by atoms with Crippen LogP contribution in [0.15, 0.2) is 29.2 Å². The van der Waals surface area contributed by atoms with E-state index in [-0.39, 0.29) is 10.8 Å². The van der Waals surface area contributed by atoms with Gasteiger partial charge >= 0.3 is 0 Å². The van der Waals surface area contributed by atoms with Gasteiger partial charge in [0, 0.05) is 37.8 Å². The number of sulfonamides is 1. The minimum atomic E-state index is -3.54. The molecule has 1 aromatic carbocycles. The third-order valence-electron chi connectivity index (χ3n) is 5.90. The zero-order valence-corrected chi connectivity index (χ0v) is 16.0. The molecular formula is C19H27N3O3S. The van der Waals surface area contributed by atoms with Crippen LogP contribution in [-0.2, 0) is 10.0 Å². The molecule has 3 saturated heterocycles. The van der Waals surface area contributed by atoms with E-state index in [2.05, 4.69) is 4.90 Å². The molecule has 0 bridgehead atoms. The van der Waals surface area contributed by atoms with E-state index in [4.69, 9.17) is 0 Å². The van der Waals surface area contributed by atoms with Crippen molar-refractivity contribution in [2.75, 3.05) is 39.3 Å². The van der Waals surface area contributed by atoms with Crippen LogP contribution in [0.3, 0.4) is 0 Å². The molecule has 4 rings (SSSR count). The van der Waals surface area contributed by atoms with E-state index < -0.39 is 10.0 Å². The van der Waals surface area contributed by atoms with Crippen LogP contribution in [0.5, 0.6) is 0 Å². The van der Waals surface area contributed by atoms with E-state index in [0.717, 1.165) is 39.0 Å². The first-order valence-electron chi connectivity index (χ1n) is 9.69. The van der Waals surface area contributed by atoms with Gasteiger partial charge in [0.2, 0.25) is 10.0 Å². The minimum Gasteiger partial charge on any atom is -0.339 e. The molecule has 1 amide bonds. The lowest BCUT2D eigenvalue weighted by molar-refractivity contribution is 0.0651. The SMILES string of the molecule is O=C(c1cccc(S(=O)(=O)N2CC[C@H](N3CCCCC3)C2)c1)N1CCC1. The normalized spacial score (nSPS) is 25.2. The zero-order chi connectivity index (χ0) is 18.1. The van der Waals surface area contributed by atoms with E-state index in [1.165, 1.54) is 19.3 Å². The van der Waals surface area contributed by atoms with E-state index in [0.29, 0.717) is 24.7 Å². The van der Waals surface area contributed by atoms with Gasteiger partial charge in [0.1, 0.15) is 0 Å². The Balaban J connectivity index is 1.49. The van der Waals surface area contributed by atoms with Gasteiger partial charge in [-0.05, 0) is 57.0 Å². The lowest BCUT2D eigenvalue weighted by Crippen LogP contribution is -2.42. The summed E-state index contributed by atoms with van der Waals surface area (Å²) in [5, 5.41) is 0. The van der Waals surface area contributed by atoms with Crippen LogP contribution < -0.4 is 0 Å². The highest BCUT2D eigenvalue weighted by atomic mass is 32.2. The number of benzene rings is 1. The van der Waals surface area contributed by atoms with Crippen molar-refractivity contribution in [1.29, 1.82) is 0 Å². The Morgan fingerprint density at radius 1 is 0.962 bits per heavy atom. The largest absolute Gasteiger partial charge is 0.339 e. The molecule has 0 spiro atoms. The Labute approximate surface area is 155 Å². The summed E-state index contributed by atoms with van der Waals surface area (Å²) < 4.78 is 27.7. The summed E-state index contributed by atoms with van der Waals surface area (Å²) in [6.07, 6.45) is 5.62. The standard InChI is InChI=1S/C19H27N3O3S/c23-19(21-11-5-12-21)16-6-4-7-18(14-16)26(24,25)22-13-8-17(15-22)20-9-2-1-3-10-20/h4,6-7,14,17H,1-3,5,8-13,15H2/t17-/m0/s1. The molecule has 0 unspecified atom stereocenters. The first kappa shape index (κ1) is 17.9. The molecule has 1 aromatic rings. The molecule has 0 aromatic heterocycles. The second-order valence-corrected chi connectivity index (χ2v) is 9.51. The third-order valence-corrected chi connectivity index (χ3v) is 7.76. The number of nitrogens with zero attached hydrogens (tertiary/aromatic N) is 3. The van der Waals surface area contributed by atoms with Crippen molar-refractivity contribution in [2.45, 2.75) is 43.0 Å². The Kier molecular flexibility index (Phi) is 5.03. The monoisotopic (exact) mass is 377 g/mol. The Morgan fingerprint density at radius 2 is 1.73 bits per heavy atom. The van der Waals surface area contributed by atoms with Gasteiger partial charge in [0.05, 0.1) is 4.90 Å². The maximum atomic E-state index is 13.1. The number of carbonyl (C=O) groups is 1. The maximum absolute atomic E-state index is 13.1. The van der Waals surface area contributed by atoms with Crippen molar-refractivity contribution in [3.05, 3.63) is 29.8 Å². The van der Waals surface area contributed by atoms with E-state index in [9.17, 15) is 13.2 Å². The average Bonchev–Trinajstić information content (AvgIpc) is 3.12. The van der Waals surface area contributed by atoms with Crippen LogP contribution in [-0.4, -0.2) is 73.7 Å². The van der Waals surface area contributed by atoms with Crippen LogP contribution in [0.25, 0.3) is 0 Å². The molecule has 142 valence electrons. The molecule has 0 N–H and O–H groups in total. The Morgan fingerprint density at radius 3 is 2.42 bits per heavy atom. The van der Waals surface area contributed by atoms with Gasteiger partial charge in [0.25, 0.3) is 5.91 Å². The van der Waals surface area contributed by atoms with Crippen molar-refractivity contribution in [3.63, 3.8) is 0 Å². The summed E-state index contributed by atoms with van der Waals surface area (Å²) in [5.74, 6) is -0.0686. The van der Waals surface area contributed by atoms with E-state index >= 15 is 0 Å². The maximum Gasteiger partial charge on any atom is 0.253 e. The highest BCUT2D eigenvalue weighted by Gasteiger charge is 2.36. The van der Waals surface area contributed by atoms with Gasteiger partial charge in [-0.25, -0.2) is 8.42 Å². The van der Waals surface area contributed by atoms with Gasteiger partial charge in [-0.3, -0.25) is 9.69 Å². The number of hydrogen-bond donors (Lipinski definition) is 0. The van der Waals surface area contributed by atoms with Crippen LogP contribution >= 0.6 is 0 Å². The number of amides is 1. The highest BCUT2D eigenvalue weighted by Crippen LogP contribution is 2.26. The number of rotatable bonds is 4. The lowest BCUT2D eigenvalue weighted by Gasteiger charge is -2.32. The molecule has 0 saturated carbocycles. The molecule has 3 aliphatic rings. The summed E-state index contributed by atoms with van der Waals surface area (Å²) in [5.41, 5.74) is 0.470. The summed E-state index contributed by atoms with van der Waals surface area (Å²) in [7, 11) is -3.54. The molecule has 1 atom stereocenters. The third kappa shape index (κ3) is 3.40. The molecule has 3 heterocycles. The molecule has 3 aliphatic heterocycles. The highest BCUT2D eigenvalue weighted by molar-refractivity contribution is 7.89. The molecule has 0 radical (unpaired) electrons. The predicted octanol–water partition coefficient (Wildman–Crippen LogP) is 1.78. The molecule has 3 fully saturated rings. The quantitative estimate of drug-likeness (QED) is 0.803. The molecule has 6 nitrogen and oxygen atoms in total. The van der Waals surface area contributed by atoms with Gasteiger partial charge in [-0.2, -0.15) is 4.31 Å². The van der Waals surface area contributed by atoms with Crippen molar-refractivity contribution >= 4 is 15.9 Å². The van der Waals surface area contributed by atoms with Crippen LogP contribution in [0.1, 0.15) is 42.5 Å². The summed E-state index contributed by atoms with van der Waals surface area (Å²) in [6.45, 7) is 4.82. The van der Waals surface area contributed by atoms with Crippen molar-refractivity contribution in [1.82, 2.24) is 14.1 Å². The summed E-state index contributed by atoms with van der Waals surface area (Å²) >= 11 is 0. The average molecular weight is 378 g/mol. The lowest BCUT2D eigenvalue weighted by atomic mass is 10.1.